The summed E-state index contributed by atoms with van der Waals surface area (Å²) >= 11 is 0. The van der Waals surface area contributed by atoms with Crippen molar-refractivity contribution in [2.24, 2.45) is 11.7 Å². The third-order valence-electron chi connectivity index (χ3n) is 1.36. The van der Waals surface area contributed by atoms with E-state index in [1.54, 1.807) is 0 Å². The molecule has 0 aromatic rings. The van der Waals surface area contributed by atoms with Gasteiger partial charge < -0.3 is 5.73 Å². The molecule has 0 aromatic heterocycles. The number of allylic oxidation sites excluding steroid dienone is 1. The van der Waals surface area contributed by atoms with Crippen LogP contribution in [0.2, 0.25) is 0 Å². The normalized spacial score (nSPS) is 12.0. The van der Waals surface area contributed by atoms with Gasteiger partial charge in [-0.3, -0.25) is 4.79 Å². The zero-order valence-corrected chi connectivity index (χ0v) is 7.92. The lowest BCUT2D eigenvalue weighted by Crippen LogP contribution is -2.06. The van der Waals surface area contributed by atoms with Gasteiger partial charge >= 0.3 is 0 Å². The second-order valence-electron chi connectivity index (χ2n) is 2.07. The number of ketones is 1. The average Bonchev–Trinajstić information content (AvgIpc) is 2.07. The second-order valence-corrected chi connectivity index (χ2v) is 2.07. The maximum Gasteiger partial charge on any atom is 0.159 e. The Bertz CT molecular complexity index is 119. The van der Waals surface area contributed by atoms with Gasteiger partial charge in [0.2, 0.25) is 0 Å². The zero-order valence-electron chi connectivity index (χ0n) is 7.92. The molecule has 0 spiro atoms. The number of rotatable bonds is 3. The Balaban J connectivity index is 0. The first-order valence-corrected chi connectivity index (χ1v) is 4.14. The van der Waals surface area contributed by atoms with Crippen LogP contribution in [0.15, 0.2) is 12.3 Å². The van der Waals surface area contributed by atoms with E-state index in [9.17, 15) is 4.79 Å². The van der Waals surface area contributed by atoms with E-state index in [0.29, 0.717) is 0 Å². The van der Waals surface area contributed by atoms with Crippen LogP contribution in [0, 0.1) is 5.92 Å². The van der Waals surface area contributed by atoms with Crippen LogP contribution in [0.25, 0.3) is 0 Å². The molecule has 2 heteroatoms. The number of carbonyl (C=O) groups is 1. The number of hydrogen-bond donors (Lipinski definition) is 1. The van der Waals surface area contributed by atoms with Crippen molar-refractivity contribution in [3.05, 3.63) is 12.3 Å². The summed E-state index contributed by atoms with van der Waals surface area (Å²) in [6.07, 6.45) is 3.58. The minimum Gasteiger partial charge on any atom is -0.404 e. The van der Waals surface area contributed by atoms with Gasteiger partial charge in [0.25, 0.3) is 0 Å². The zero-order chi connectivity index (χ0) is 9.28. The van der Waals surface area contributed by atoms with Gasteiger partial charge in [0, 0.05) is 5.92 Å². The van der Waals surface area contributed by atoms with Crippen molar-refractivity contribution in [3.8, 4) is 0 Å². The maximum absolute atomic E-state index is 10.8. The Hall–Kier alpha value is -0.790. The van der Waals surface area contributed by atoms with E-state index in [1.807, 2.05) is 27.7 Å². The molecule has 0 rings (SSSR count). The van der Waals surface area contributed by atoms with Crippen LogP contribution >= 0.6 is 0 Å². The van der Waals surface area contributed by atoms with Gasteiger partial charge in [-0.2, -0.15) is 0 Å². The second kappa shape index (κ2) is 9.21. The van der Waals surface area contributed by atoms with Gasteiger partial charge in [-0.1, -0.05) is 27.7 Å². The van der Waals surface area contributed by atoms with Crippen molar-refractivity contribution in [1.82, 2.24) is 0 Å². The maximum atomic E-state index is 10.8. The van der Waals surface area contributed by atoms with Crippen LogP contribution < -0.4 is 5.73 Å². The van der Waals surface area contributed by atoms with E-state index in [-0.39, 0.29) is 11.7 Å². The molecule has 0 heterocycles. The van der Waals surface area contributed by atoms with Gasteiger partial charge in [0.05, 0.1) is 0 Å². The summed E-state index contributed by atoms with van der Waals surface area (Å²) in [5, 5.41) is 0. The summed E-state index contributed by atoms with van der Waals surface area (Å²) in [7, 11) is 0. The molecule has 1 atom stereocenters. The molecule has 0 saturated carbocycles. The third kappa shape index (κ3) is 7.10. The van der Waals surface area contributed by atoms with E-state index in [2.05, 4.69) is 0 Å². The highest BCUT2D eigenvalue weighted by atomic mass is 16.1. The van der Waals surface area contributed by atoms with E-state index in [1.165, 1.54) is 12.3 Å². The third-order valence-corrected chi connectivity index (χ3v) is 1.36. The molecule has 0 aliphatic carbocycles. The highest BCUT2D eigenvalue weighted by molar-refractivity contribution is 5.91. The molecule has 66 valence electrons. The fourth-order valence-electron chi connectivity index (χ4n) is 0.460. The Morgan fingerprint density at radius 2 is 2.00 bits per heavy atom. The Labute approximate surface area is 69.5 Å². The smallest absolute Gasteiger partial charge is 0.159 e. The fourth-order valence-corrected chi connectivity index (χ4v) is 0.460. The van der Waals surface area contributed by atoms with Crippen molar-refractivity contribution >= 4 is 5.78 Å². The summed E-state index contributed by atoms with van der Waals surface area (Å²) in [5.41, 5.74) is 5.02. The van der Waals surface area contributed by atoms with Gasteiger partial charge in [0.15, 0.2) is 5.78 Å². The number of nitrogens with two attached hydrogens (primary N) is 1. The minimum atomic E-state index is 0.111. The van der Waals surface area contributed by atoms with Gasteiger partial charge in [-0.05, 0) is 18.7 Å². The van der Waals surface area contributed by atoms with Crippen LogP contribution in [-0.2, 0) is 4.79 Å². The molecule has 1 unspecified atom stereocenters. The number of hydrogen-bond acceptors (Lipinski definition) is 2. The highest BCUT2D eigenvalue weighted by Gasteiger charge is 2.04. The SMILES string of the molecule is CC.CCC(C)C(=O)/C=C\N. The molecule has 0 radical (unpaired) electrons. The summed E-state index contributed by atoms with van der Waals surface area (Å²) in [5.74, 6) is 0.227. The lowest BCUT2D eigenvalue weighted by atomic mass is 10.0. The molecule has 0 amide bonds. The lowest BCUT2D eigenvalue weighted by molar-refractivity contribution is -0.117. The molecular weight excluding hydrogens is 138 g/mol. The van der Waals surface area contributed by atoms with Crippen molar-refractivity contribution in [2.45, 2.75) is 34.1 Å². The highest BCUT2D eigenvalue weighted by Crippen LogP contribution is 2.01. The number of carbonyl (C=O) groups excluding carboxylic acids is 1. The predicted octanol–water partition coefficient (Wildman–Crippen LogP) is 2.10. The van der Waals surface area contributed by atoms with Gasteiger partial charge in [-0.15, -0.1) is 0 Å². The first-order valence-electron chi connectivity index (χ1n) is 4.14. The molecule has 0 saturated heterocycles. The predicted molar refractivity (Wildman–Crippen MR) is 49.1 cm³/mol. The van der Waals surface area contributed by atoms with E-state index >= 15 is 0 Å². The molecule has 0 aromatic carbocycles. The molecule has 0 fully saturated rings. The van der Waals surface area contributed by atoms with Gasteiger partial charge in [0.1, 0.15) is 0 Å². The standard InChI is InChI=1S/C7H13NO.C2H6/c1-3-6(2)7(9)4-5-8;1-2/h4-6H,3,8H2,1-2H3;1-2H3/b5-4-;. The Morgan fingerprint density at radius 1 is 1.55 bits per heavy atom. The van der Waals surface area contributed by atoms with Crippen molar-refractivity contribution in [1.29, 1.82) is 0 Å². The van der Waals surface area contributed by atoms with E-state index in [0.717, 1.165) is 6.42 Å². The largest absolute Gasteiger partial charge is 0.404 e. The van der Waals surface area contributed by atoms with E-state index in [4.69, 9.17) is 5.73 Å². The topological polar surface area (TPSA) is 43.1 Å². The Morgan fingerprint density at radius 3 is 2.27 bits per heavy atom. The summed E-state index contributed by atoms with van der Waals surface area (Å²) < 4.78 is 0. The monoisotopic (exact) mass is 157 g/mol. The molecule has 2 nitrogen and oxygen atoms in total. The van der Waals surface area contributed by atoms with Crippen LogP contribution in [0.1, 0.15) is 34.1 Å². The van der Waals surface area contributed by atoms with Crippen LogP contribution in [0.4, 0.5) is 0 Å². The van der Waals surface area contributed by atoms with Crippen molar-refractivity contribution < 1.29 is 4.79 Å². The van der Waals surface area contributed by atoms with Crippen molar-refractivity contribution in [3.63, 3.8) is 0 Å². The molecule has 2 N–H and O–H groups in total. The van der Waals surface area contributed by atoms with Crippen molar-refractivity contribution in [2.75, 3.05) is 0 Å². The first-order chi connectivity index (χ1) is 5.22. The van der Waals surface area contributed by atoms with Crippen LogP contribution in [0.3, 0.4) is 0 Å². The first kappa shape index (κ1) is 12.8. The lowest BCUT2D eigenvalue weighted by Gasteiger charge is -2.00. The molecule has 0 bridgehead atoms. The fraction of sp³-hybridized carbons (Fsp3) is 0.667. The molecule has 0 aliphatic heterocycles. The minimum absolute atomic E-state index is 0.111. The van der Waals surface area contributed by atoms with Gasteiger partial charge in [-0.25, -0.2) is 0 Å². The summed E-state index contributed by atoms with van der Waals surface area (Å²) in [4.78, 5) is 10.8. The van der Waals surface area contributed by atoms with Crippen LogP contribution in [0.5, 0.6) is 0 Å². The molecular formula is C9H19NO. The average molecular weight is 157 g/mol. The van der Waals surface area contributed by atoms with E-state index < -0.39 is 0 Å². The molecule has 0 aliphatic rings. The quantitative estimate of drug-likeness (QED) is 0.637. The Kier molecular flexibility index (Phi) is 10.8. The van der Waals surface area contributed by atoms with Crippen LogP contribution in [-0.4, -0.2) is 5.78 Å². The molecule has 11 heavy (non-hydrogen) atoms. The summed E-state index contributed by atoms with van der Waals surface area (Å²) in [6, 6.07) is 0. The summed E-state index contributed by atoms with van der Waals surface area (Å²) in [6.45, 7) is 7.87.